The molecule has 0 aliphatic carbocycles. The van der Waals surface area contributed by atoms with Gasteiger partial charge in [-0.3, -0.25) is 4.57 Å². The lowest BCUT2D eigenvalue weighted by molar-refractivity contribution is 0.479. The summed E-state index contributed by atoms with van der Waals surface area (Å²) >= 11 is 0. The molecule has 0 bridgehead atoms. The van der Waals surface area contributed by atoms with Gasteiger partial charge in [-0.1, -0.05) is 18.2 Å². The molecule has 12 heavy (non-hydrogen) atoms. The highest BCUT2D eigenvalue weighted by molar-refractivity contribution is 7.56. The van der Waals surface area contributed by atoms with Crippen LogP contribution in [0.25, 0.3) is 0 Å². The summed E-state index contributed by atoms with van der Waals surface area (Å²) < 4.78 is 16.6. The van der Waals surface area contributed by atoms with Crippen molar-refractivity contribution in [2.24, 2.45) is 0 Å². The predicted molar refractivity (Wildman–Crippen MR) is 49.7 cm³/mol. The Hall–Kier alpha value is -0.790. The highest BCUT2D eigenvalue weighted by atomic mass is 31.2. The quantitative estimate of drug-likeness (QED) is 0.733. The summed E-state index contributed by atoms with van der Waals surface area (Å²) in [5.41, 5.74) is 0. The van der Waals surface area contributed by atoms with Crippen molar-refractivity contribution in [3.8, 4) is 5.75 Å². The highest BCUT2D eigenvalue weighted by Crippen LogP contribution is 2.37. The van der Waals surface area contributed by atoms with Crippen molar-refractivity contribution in [2.75, 3.05) is 13.7 Å². The molecule has 1 aromatic rings. The standard InChI is InChI=1S/C8H12NO2P/c1-9-12(2,10)11-8-6-4-3-5-7-8/h3-7H,1-2H3,(H,9,10). The summed E-state index contributed by atoms with van der Waals surface area (Å²) in [5, 5.41) is 2.62. The molecule has 1 rings (SSSR count). The Morgan fingerprint density at radius 3 is 2.42 bits per heavy atom. The highest BCUT2D eigenvalue weighted by Gasteiger charge is 2.12. The van der Waals surface area contributed by atoms with Gasteiger partial charge in [0, 0.05) is 6.66 Å². The fourth-order valence-electron chi connectivity index (χ4n) is 0.728. The topological polar surface area (TPSA) is 38.3 Å². The maximum Gasteiger partial charge on any atom is 0.313 e. The van der Waals surface area contributed by atoms with Gasteiger partial charge in [0.05, 0.1) is 0 Å². The van der Waals surface area contributed by atoms with E-state index in [1.54, 1.807) is 25.8 Å². The molecule has 66 valence electrons. The molecule has 0 saturated carbocycles. The molecule has 1 atom stereocenters. The molecule has 3 nitrogen and oxygen atoms in total. The Morgan fingerprint density at radius 1 is 1.33 bits per heavy atom. The van der Waals surface area contributed by atoms with Crippen LogP contribution in [0.1, 0.15) is 0 Å². The van der Waals surface area contributed by atoms with Crippen molar-refractivity contribution in [1.82, 2.24) is 5.09 Å². The minimum atomic E-state index is -2.65. The second-order valence-electron chi connectivity index (χ2n) is 2.47. The molecule has 1 aromatic carbocycles. The Morgan fingerprint density at radius 2 is 1.92 bits per heavy atom. The van der Waals surface area contributed by atoms with Crippen LogP contribution in [0.2, 0.25) is 0 Å². The average Bonchev–Trinajstić information content (AvgIpc) is 2.06. The number of nitrogens with one attached hydrogen (secondary N) is 1. The molecule has 0 aliphatic heterocycles. The van der Waals surface area contributed by atoms with Crippen molar-refractivity contribution < 1.29 is 9.09 Å². The lowest BCUT2D eigenvalue weighted by Gasteiger charge is -2.12. The predicted octanol–water partition coefficient (Wildman–Crippen LogP) is 2.11. The first-order valence-electron chi connectivity index (χ1n) is 3.65. The van der Waals surface area contributed by atoms with Crippen LogP contribution in [-0.4, -0.2) is 13.7 Å². The number of hydrogen-bond donors (Lipinski definition) is 1. The van der Waals surface area contributed by atoms with E-state index in [1.807, 2.05) is 18.2 Å². The molecule has 0 radical (unpaired) electrons. The molecular formula is C8H12NO2P. The SMILES string of the molecule is CNP(C)(=O)Oc1ccccc1. The van der Waals surface area contributed by atoms with Crippen molar-refractivity contribution in [3.63, 3.8) is 0 Å². The van der Waals surface area contributed by atoms with Gasteiger partial charge in [-0.15, -0.1) is 0 Å². The first-order valence-corrected chi connectivity index (χ1v) is 5.72. The summed E-state index contributed by atoms with van der Waals surface area (Å²) in [4.78, 5) is 0. The van der Waals surface area contributed by atoms with Gasteiger partial charge in [0.15, 0.2) is 0 Å². The number of hydrogen-bond acceptors (Lipinski definition) is 2. The normalized spacial score (nSPS) is 15.2. The smallest absolute Gasteiger partial charge is 0.313 e. The molecule has 0 saturated heterocycles. The average molecular weight is 185 g/mol. The van der Waals surface area contributed by atoms with E-state index < -0.39 is 7.52 Å². The molecule has 1 N–H and O–H groups in total. The van der Waals surface area contributed by atoms with E-state index in [2.05, 4.69) is 5.09 Å². The van der Waals surface area contributed by atoms with Gasteiger partial charge in [0.2, 0.25) is 0 Å². The monoisotopic (exact) mass is 185 g/mol. The molecule has 0 fully saturated rings. The Labute approximate surface area is 72.3 Å². The van der Waals surface area contributed by atoms with Crippen molar-refractivity contribution in [1.29, 1.82) is 0 Å². The Balaban J connectivity index is 2.71. The largest absolute Gasteiger partial charge is 0.433 e. The van der Waals surface area contributed by atoms with Crippen LogP contribution < -0.4 is 9.61 Å². The second-order valence-corrected chi connectivity index (χ2v) is 4.80. The van der Waals surface area contributed by atoms with Crippen LogP contribution in [0.15, 0.2) is 30.3 Å². The van der Waals surface area contributed by atoms with Gasteiger partial charge in [0.25, 0.3) is 0 Å². The third-order valence-electron chi connectivity index (χ3n) is 1.43. The zero-order valence-electron chi connectivity index (χ0n) is 7.15. The van der Waals surface area contributed by atoms with E-state index >= 15 is 0 Å². The second kappa shape index (κ2) is 3.74. The van der Waals surface area contributed by atoms with Crippen LogP contribution in [-0.2, 0) is 4.57 Å². The van der Waals surface area contributed by atoms with E-state index in [4.69, 9.17) is 4.52 Å². The summed E-state index contributed by atoms with van der Waals surface area (Å²) in [7, 11) is -1.03. The van der Waals surface area contributed by atoms with Crippen LogP contribution >= 0.6 is 7.52 Å². The summed E-state index contributed by atoms with van der Waals surface area (Å²) in [6, 6.07) is 9.10. The maximum absolute atomic E-state index is 11.4. The lowest BCUT2D eigenvalue weighted by atomic mass is 10.3. The van der Waals surface area contributed by atoms with E-state index in [0.29, 0.717) is 5.75 Å². The zero-order chi connectivity index (χ0) is 9.03. The first-order chi connectivity index (χ1) is 5.64. The van der Waals surface area contributed by atoms with Crippen LogP contribution in [0.3, 0.4) is 0 Å². The lowest BCUT2D eigenvalue weighted by Crippen LogP contribution is -2.06. The molecule has 0 heterocycles. The fourth-order valence-corrected chi connectivity index (χ4v) is 1.34. The van der Waals surface area contributed by atoms with Crippen LogP contribution in [0, 0.1) is 0 Å². The summed E-state index contributed by atoms with van der Waals surface area (Å²) in [5.74, 6) is 0.623. The number of para-hydroxylation sites is 1. The minimum Gasteiger partial charge on any atom is -0.433 e. The number of rotatable bonds is 3. The van der Waals surface area contributed by atoms with Gasteiger partial charge in [0.1, 0.15) is 5.75 Å². The summed E-state index contributed by atoms with van der Waals surface area (Å²) in [6.45, 7) is 1.54. The molecule has 0 amide bonds. The molecule has 0 aromatic heterocycles. The molecule has 0 spiro atoms. The molecule has 1 unspecified atom stereocenters. The molecular weight excluding hydrogens is 173 g/mol. The minimum absolute atomic E-state index is 0.623. The van der Waals surface area contributed by atoms with Gasteiger partial charge >= 0.3 is 7.52 Å². The fraction of sp³-hybridized carbons (Fsp3) is 0.250. The van der Waals surface area contributed by atoms with Crippen LogP contribution in [0.4, 0.5) is 0 Å². The molecule has 4 heteroatoms. The van der Waals surface area contributed by atoms with E-state index in [-0.39, 0.29) is 0 Å². The van der Waals surface area contributed by atoms with Crippen molar-refractivity contribution >= 4 is 7.52 Å². The van der Waals surface area contributed by atoms with Gasteiger partial charge < -0.3 is 4.52 Å². The van der Waals surface area contributed by atoms with E-state index in [0.717, 1.165) is 0 Å². The third-order valence-corrected chi connectivity index (χ3v) is 2.80. The van der Waals surface area contributed by atoms with E-state index in [1.165, 1.54) is 0 Å². The van der Waals surface area contributed by atoms with Gasteiger partial charge in [-0.25, -0.2) is 5.09 Å². The van der Waals surface area contributed by atoms with Gasteiger partial charge in [-0.2, -0.15) is 0 Å². The maximum atomic E-state index is 11.4. The van der Waals surface area contributed by atoms with Crippen molar-refractivity contribution in [2.45, 2.75) is 0 Å². The van der Waals surface area contributed by atoms with Gasteiger partial charge in [-0.05, 0) is 19.2 Å². The first kappa shape index (κ1) is 9.30. The Bertz CT molecular complexity index is 286. The van der Waals surface area contributed by atoms with Crippen LogP contribution in [0.5, 0.6) is 5.75 Å². The summed E-state index contributed by atoms with van der Waals surface area (Å²) in [6.07, 6.45) is 0. The zero-order valence-corrected chi connectivity index (χ0v) is 8.04. The number of benzene rings is 1. The molecule has 0 aliphatic rings. The Kier molecular flexibility index (Phi) is 2.90. The third kappa shape index (κ3) is 2.68. The van der Waals surface area contributed by atoms with E-state index in [9.17, 15) is 4.57 Å². The van der Waals surface area contributed by atoms with Crippen molar-refractivity contribution in [3.05, 3.63) is 30.3 Å².